The summed E-state index contributed by atoms with van der Waals surface area (Å²) in [4.78, 5) is 12.6. The molecule has 142 valence electrons. The van der Waals surface area contributed by atoms with Crippen molar-refractivity contribution >= 4 is 5.97 Å². The molecule has 1 saturated carbocycles. The van der Waals surface area contributed by atoms with Gasteiger partial charge >= 0.3 is 5.97 Å². The van der Waals surface area contributed by atoms with Crippen molar-refractivity contribution in [2.24, 2.45) is 5.92 Å². The van der Waals surface area contributed by atoms with Crippen molar-refractivity contribution < 1.29 is 28.5 Å². The normalized spacial score (nSPS) is 39.9. The number of benzene rings is 1. The van der Waals surface area contributed by atoms with Crippen LogP contribution in [0.5, 0.6) is 0 Å². The second kappa shape index (κ2) is 6.02. The summed E-state index contributed by atoms with van der Waals surface area (Å²) in [6.07, 6.45) is -1.70. The Balaban J connectivity index is 1.62. The van der Waals surface area contributed by atoms with E-state index in [-0.39, 0.29) is 30.2 Å². The van der Waals surface area contributed by atoms with E-state index in [0.29, 0.717) is 5.56 Å². The number of esters is 1. The van der Waals surface area contributed by atoms with Gasteiger partial charge in [0.15, 0.2) is 11.6 Å². The molecule has 0 bridgehead atoms. The van der Waals surface area contributed by atoms with E-state index in [1.54, 1.807) is 12.1 Å². The van der Waals surface area contributed by atoms with E-state index in [2.05, 4.69) is 0 Å². The summed E-state index contributed by atoms with van der Waals surface area (Å²) in [6.45, 7) is 9.51. The minimum absolute atomic E-state index is 0.0896. The van der Waals surface area contributed by atoms with Gasteiger partial charge in [-0.2, -0.15) is 0 Å². The number of carbonyl (C=O) groups excluding carboxylic acids is 1. The average Bonchev–Trinajstić information content (AvgIpc) is 3.07. The fourth-order valence-electron chi connectivity index (χ4n) is 4.23. The van der Waals surface area contributed by atoms with Crippen molar-refractivity contribution in [3.05, 3.63) is 35.9 Å². The number of rotatable bonds is 2. The van der Waals surface area contributed by atoms with Crippen molar-refractivity contribution in [3.8, 4) is 0 Å². The first-order chi connectivity index (χ1) is 12.2. The molecule has 6 atom stereocenters. The molecular formula is C20H26O6. The van der Waals surface area contributed by atoms with E-state index < -0.39 is 23.8 Å². The van der Waals surface area contributed by atoms with Crippen molar-refractivity contribution in [2.45, 2.75) is 76.7 Å². The second-order valence-electron chi connectivity index (χ2n) is 8.22. The summed E-state index contributed by atoms with van der Waals surface area (Å²) >= 11 is 0. The van der Waals surface area contributed by atoms with Crippen LogP contribution in [0.25, 0.3) is 0 Å². The zero-order valence-corrected chi connectivity index (χ0v) is 15.8. The third-order valence-electron chi connectivity index (χ3n) is 5.26. The number of hydrogen-bond donors (Lipinski definition) is 0. The summed E-state index contributed by atoms with van der Waals surface area (Å²) in [5, 5.41) is 0. The van der Waals surface area contributed by atoms with E-state index in [9.17, 15) is 4.79 Å². The Kier molecular flexibility index (Phi) is 4.15. The highest BCUT2D eigenvalue weighted by atomic mass is 16.8. The van der Waals surface area contributed by atoms with Crippen LogP contribution in [-0.4, -0.2) is 48.1 Å². The summed E-state index contributed by atoms with van der Waals surface area (Å²) in [5.41, 5.74) is 0.514. The highest BCUT2D eigenvalue weighted by Gasteiger charge is 2.63. The third-order valence-corrected chi connectivity index (χ3v) is 5.26. The summed E-state index contributed by atoms with van der Waals surface area (Å²) in [6, 6.07) is 8.97. The van der Waals surface area contributed by atoms with Crippen LogP contribution < -0.4 is 0 Å². The third kappa shape index (κ3) is 3.05. The van der Waals surface area contributed by atoms with Gasteiger partial charge in [-0.05, 0) is 39.8 Å². The minimum Gasteiger partial charge on any atom is -0.456 e. The zero-order valence-electron chi connectivity index (χ0n) is 15.8. The second-order valence-corrected chi connectivity index (χ2v) is 8.22. The lowest BCUT2D eigenvalue weighted by molar-refractivity contribution is -0.179. The largest absolute Gasteiger partial charge is 0.456 e. The molecule has 4 rings (SSSR count). The van der Waals surface area contributed by atoms with Crippen LogP contribution in [0.3, 0.4) is 0 Å². The Labute approximate surface area is 153 Å². The zero-order chi connectivity index (χ0) is 18.7. The average molecular weight is 362 g/mol. The van der Waals surface area contributed by atoms with Gasteiger partial charge in [0.1, 0.15) is 24.4 Å². The van der Waals surface area contributed by atoms with Gasteiger partial charge in [-0.3, -0.25) is 0 Å². The molecular weight excluding hydrogens is 336 g/mol. The Hall–Kier alpha value is -1.47. The van der Waals surface area contributed by atoms with E-state index >= 15 is 0 Å². The number of hydrogen-bond acceptors (Lipinski definition) is 6. The van der Waals surface area contributed by atoms with Crippen molar-refractivity contribution in [3.63, 3.8) is 0 Å². The predicted molar refractivity (Wildman–Crippen MR) is 92.5 cm³/mol. The maximum absolute atomic E-state index is 12.6. The fourth-order valence-corrected chi connectivity index (χ4v) is 4.23. The molecule has 6 nitrogen and oxygen atoms in total. The van der Waals surface area contributed by atoms with Crippen LogP contribution in [0.4, 0.5) is 0 Å². The highest BCUT2D eigenvalue weighted by molar-refractivity contribution is 5.89. The molecule has 0 amide bonds. The molecule has 1 aliphatic carbocycles. The quantitative estimate of drug-likeness (QED) is 0.754. The first-order valence-corrected chi connectivity index (χ1v) is 9.14. The van der Waals surface area contributed by atoms with Gasteiger partial charge in [0.2, 0.25) is 0 Å². The lowest BCUT2D eigenvalue weighted by Crippen LogP contribution is -2.59. The molecule has 26 heavy (non-hydrogen) atoms. The monoisotopic (exact) mass is 362 g/mol. The van der Waals surface area contributed by atoms with Crippen LogP contribution in [0.15, 0.2) is 30.3 Å². The predicted octanol–water partition coefficient (Wildman–Crippen LogP) is 2.90. The van der Waals surface area contributed by atoms with Crippen LogP contribution in [0, 0.1) is 5.92 Å². The van der Waals surface area contributed by atoms with Crippen molar-refractivity contribution in [1.82, 2.24) is 0 Å². The molecule has 1 aromatic carbocycles. The molecule has 2 saturated heterocycles. The SMILES string of the molecule is CC1C2OC(C)(C)OC2C2OC(C)(C)OC2C1OC(=O)c1ccccc1. The standard InChI is InChI=1S/C20H26O6/c1-11-13(22-18(21)12-9-7-6-8-10-12)15-17(26-20(4,5)24-15)16-14(11)23-19(2,3)25-16/h6-11,13-17H,1-5H3. The molecule has 3 aliphatic rings. The van der Waals surface area contributed by atoms with E-state index in [0.717, 1.165) is 0 Å². The Morgan fingerprint density at radius 3 is 1.96 bits per heavy atom. The molecule has 2 heterocycles. The maximum atomic E-state index is 12.6. The van der Waals surface area contributed by atoms with Gasteiger partial charge in [0.25, 0.3) is 0 Å². The van der Waals surface area contributed by atoms with Crippen molar-refractivity contribution in [2.75, 3.05) is 0 Å². The molecule has 0 N–H and O–H groups in total. The Morgan fingerprint density at radius 2 is 1.35 bits per heavy atom. The topological polar surface area (TPSA) is 63.2 Å². The van der Waals surface area contributed by atoms with Gasteiger partial charge in [-0.25, -0.2) is 4.79 Å². The maximum Gasteiger partial charge on any atom is 0.338 e. The highest BCUT2D eigenvalue weighted by Crippen LogP contribution is 2.47. The molecule has 0 radical (unpaired) electrons. The first-order valence-electron chi connectivity index (χ1n) is 9.14. The van der Waals surface area contributed by atoms with Gasteiger partial charge < -0.3 is 23.7 Å². The number of ether oxygens (including phenoxy) is 5. The van der Waals surface area contributed by atoms with Gasteiger partial charge in [0.05, 0.1) is 11.7 Å². The van der Waals surface area contributed by atoms with E-state index in [4.69, 9.17) is 23.7 Å². The Bertz CT molecular complexity index is 685. The molecule has 0 aromatic heterocycles. The molecule has 6 heteroatoms. The lowest BCUT2D eigenvalue weighted by atomic mass is 9.79. The van der Waals surface area contributed by atoms with E-state index in [1.165, 1.54) is 0 Å². The molecule has 3 fully saturated rings. The molecule has 0 spiro atoms. The smallest absolute Gasteiger partial charge is 0.338 e. The summed E-state index contributed by atoms with van der Waals surface area (Å²) in [5.74, 6) is -1.93. The van der Waals surface area contributed by atoms with Crippen molar-refractivity contribution in [1.29, 1.82) is 0 Å². The fraction of sp³-hybridized carbons (Fsp3) is 0.650. The minimum atomic E-state index is -0.766. The van der Waals surface area contributed by atoms with Crippen LogP contribution in [0.1, 0.15) is 45.0 Å². The molecule has 2 aliphatic heterocycles. The molecule has 1 aromatic rings. The van der Waals surface area contributed by atoms with Crippen LogP contribution in [0.2, 0.25) is 0 Å². The molecule has 6 unspecified atom stereocenters. The Morgan fingerprint density at radius 1 is 0.846 bits per heavy atom. The lowest BCUT2D eigenvalue weighted by Gasteiger charge is -2.41. The summed E-state index contributed by atoms with van der Waals surface area (Å²) < 4.78 is 30.3. The summed E-state index contributed by atoms with van der Waals surface area (Å²) in [7, 11) is 0. The van der Waals surface area contributed by atoms with Crippen LogP contribution in [-0.2, 0) is 23.7 Å². The van der Waals surface area contributed by atoms with Crippen LogP contribution >= 0.6 is 0 Å². The number of fused-ring (bicyclic) bond motifs is 3. The van der Waals surface area contributed by atoms with Gasteiger partial charge in [-0.1, -0.05) is 25.1 Å². The number of carbonyl (C=O) groups is 1. The first kappa shape index (κ1) is 17.9. The van der Waals surface area contributed by atoms with E-state index in [1.807, 2.05) is 52.8 Å². The van der Waals surface area contributed by atoms with Gasteiger partial charge in [0, 0.05) is 5.92 Å². The van der Waals surface area contributed by atoms with Gasteiger partial charge in [-0.15, -0.1) is 0 Å².